The number of hydrogen-bond acceptors (Lipinski definition) is 9. The fourth-order valence-electron chi connectivity index (χ4n) is 9.13. The molecule has 10 aromatic rings. The third kappa shape index (κ3) is 24.7. The number of carbonyl (C=O) groups excluding carboxylic acids is 3. The number of fused-ring (bicyclic) bond motifs is 3. The minimum Gasteiger partial charge on any atom is -0.512 e. The zero-order chi connectivity index (χ0) is 61.3. The number of aromatic nitrogens is 3. The van der Waals surface area contributed by atoms with Crippen molar-refractivity contribution in [2.24, 2.45) is 0 Å². The zero-order valence-corrected chi connectivity index (χ0v) is 58.2. The maximum Gasteiger partial charge on any atom is 0.155 e. The Morgan fingerprint density at radius 1 is 0.455 bits per heavy atom. The normalized spacial score (nSPS) is 11.7. The van der Waals surface area contributed by atoms with Crippen molar-refractivity contribution in [3.63, 3.8) is 0 Å². The van der Waals surface area contributed by atoms with Gasteiger partial charge in [-0.2, -0.15) is 0 Å². The van der Waals surface area contributed by atoms with Gasteiger partial charge < -0.3 is 15.3 Å². The van der Waals surface area contributed by atoms with E-state index in [9.17, 15) is 14.4 Å². The summed E-state index contributed by atoms with van der Waals surface area (Å²) in [5.74, 6) is 0.335. The molecule has 88 heavy (non-hydrogen) atoms. The Morgan fingerprint density at radius 2 is 0.966 bits per heavy atom. The van der Waals surface area contributed by atoms with Gasteiger partial charge >= 0.3 is 0 Å². The van der Waals surface area contributed by atoms with Gasteiger partial charge in [-0.05, 0) is 154 Å². The molecule has 1 aliphatic rings. The van der Waals surface area contributed by atoms with Crippen LogP contribution >= 0.6 is 0 Å². The molecule has 3 aromatic heterocycles. The molecule has 11 rings (SSSR count). The molecule has 3 radical (unpaired) electrons. The standard InChI is InChI=1S/C22H16N.C21H18N.C18H16N.3C5H8O2.3Ir/c1-16-14-19-10-5-6-13-21(19)23-22(16)20-12-7-11-18(15-20)17-8-3-2-4-9-17;1-3-7-16(8-4-1)18-11-13-21-19(15-18)12-14-20(22-21)17-9-5-2-6-10-17;1-13(2)15-7-5-8-16(12-15)18-11-10-14-6-3-4-9-17(14)19-18;3*1-4(6)3-5(2)7;;;/h2-11,13-15H,1H3;2,5-7,9,11-15H,1,3-4,8H2;3-7,9-13H,1-2H3;3*3,6H,1-2H3;;;/q3*-1;;;;;;. The molecule has 0 saturated carbocycles. The van der Waals surface area contributed by atoms with Gasteiger partial charge in [0.2, 0.25) is 0 Å². The molecule has 1 aliphatic carbocycles. The Labute approximate surface area is 559 Å². The van der Waals surface area contributed by atoms with Gasteiger partial charge in [-0.1, -0.05) is 129 Å². The van der Waals surface area contributed by atoms with Crippen molar-refractivity contribution in [3.05, 3.63) is 265 Å². The smallest absolute Gasteiger partial charge is 0.155 e. The van der Waals surface area contributed by atoms with Gasteiger partial charge in [0.15, 0.2) is 17.3 Å². The van der Waals surface area contributed by atoms with E-state index in [1.165, 1.54) is 135 Å². The summed E-state index contributed by atoms with van der Waals surface area (Å²) < 4.78 is 0. The van der Waals surface area contributed by atoms with Crippen molar-refractivity contribution in [2.45, 2.75) is 93.9 Å². The Hall–Kier alpha value is -7.91. The van der Waals surface area contributed by atoms with Crippen LogP contribution < -0.4 is 0 Å². The fourth-order valence-corrected chi connectivity index (χ4v) is 9.13. The summed E-state index contributed by atoms with van der Waals surface area (Å²) in [5, 5.41) is 28.6. The molecule has 0 fully saturated rings. The molecule has 3 N–H and O–H groups in total. The monoisotopic (exact) mass is 1700 g/mol. The molecule has 7 aromatic carbocycles. The second kappa shape index (κ2) is 38.4. The van der Waals surface area contributed by atoms with E-state index >= 15 is 0 Å². The average Bonchev–Trinajstić information content (AvgIpc) is 3.47. The van der Waals surface area contributed by atoms with Gasteiger partial charge in [-0.25, -0.2) is 0 Å². The predicted octanol–water partition coefficient (Wildman–Crippen LogP) is 19.3. The summed E-state index contributed by atoms with van der Waals surface area (Å²) in [4.78, 5) is 44.4. The van der Waals surface area contributed by atoms with Crippen LogP contribution in [0.25, 0.3) is 83.2 Å². The van der Waals surface area contributed by atoms with Crippen LogP contribution in [0.2, 0.25) is 0 Å². The summed E-state index contributed by atoms with van der Waals surface area (Å²) in [6, 6.07) is 74.5. The molecule has 12 heteroatoms. The average molecular weight is 1700 g/mol. The number of ketones is 3. The van der Waals surface area contributed by atoms with Crippen LogP contribution in [0.3, 0.4) is 0 Å². The molecular weight excluding hydrogens is 1630 g/mol. The van der Waals surface area contributed by atoms with Crippen LogP contribution in [-0.4, -0.2) is 47.6 Å². The van der Waals surface area contributed by atoms with Gasteiger partial charge in [0.1, 0.15) is 0 Å². The first-order chi connectivity index (χ1) is 40.8. The maximum absolute atomic E-state index is 10.0. The number of aliphatic hydroxyl groups excluding tert-OH is 3. The molecule has 0 amide bonds. The quantitative estimate of drug-likeness (QED) is 0.0729. The fraction of sp³-hybridized carbons (Fsp3) is 0.184. The van der Waals surface area contributed by atoms with Crippen molar-refractivity contribution in [1.29, 1.82) is 0 Å². The number of hydrogen-bond donors (Lipinski definition) is 3. The molecule has 9 nitrogen and oxygen atoms in total. The Bertz CT molecular complexity index is 3930. The van der Waals surface area contributed by atoms with E-state index in [4.69, 9.17) is 30.3 Å². The summed E-state index contributed by atoms with van der Waals surface area (Å²) in [6.45, 7) is 15.1. The van der Waals surface area contributed by atoms with Gasteiger partial charge in [0, 0.05) is 78.5 Å². The number of allylic oxidation sites excluding steroid dienone is 8. The second-order valence-corrected chi connectivity index (χ2v) is 20.8. The number of pyridine rings is 3. The number of nitrogens with zero attached hydrogens (tertiary/aromatic N) is 3. The van der Waals surface area contributed by atoms with E-state index in [0.29, 0.717) is 5.92 Å². The van der Waals surface area contributed by atoms with Crippen molar-refractivity contribution in [2.75, 3.05) is 0 Å². The molecule has 3 heterocycles. The van der Waals surface area contributed by atoms with Crippen molar-refractivity contribution in [1.82, 2.24) is 15.0 Å². The minimum absolute atomic E-state index is 0. The first kappa shape index (κ1) is 74.3. The molecule has 0 bridgehead atoms. The molecule has 0 atom stereocenters. The third-order valence-corrected chi connectivity index (χ3v) is 13.0. The van der Waals surface area contributed by atoms with E-state index in [2.05, 4.69) is 166 Å². The number of aliphatic hydroxyl groups is 3. The van der Waals surface area contributed by atoms with E-state index in [1.807, 2.05) is 66.7 Å². The van der Waals surface area contributed by atoms with Gasteiger partial charge in [-0.15, -0.1) is 107 Å². The SMILES string of the molecule is CC(=O)C=C(C)O.CC(=O)C=C(C)O.CC(=O)C=C(C)O.CC(C)c1cc[c-]c(-c2ccc3ccccc3n2)c1.Cc1cc2ccccc2nc1-c1[c-]ccc(-c2ccccc2)c1.[Ir].[Ir].[Ir].[c-]1ccccc1-c1ccc2cc(C3=CCCCC3)ccc2n1. The minimum atomic E-state index is -0.125. The number of benzene rings is 7. The Morgan fingerprint density at radius 3 is 1.52 bits per heavy atom. The van der Waals surface area contributed by atoms with Crippen LogP contribution in [0.5, 0.6) is 0 Å². The third-order valence-electron chi connectivity index (χ3n) is 13.0. The van der Waals surface area contributed by atoms with Gasteiger partial charge in [0.05, 0.1) is 33.8 Å². The van der Waals surface area contributed by atoms with Crippen LogP contribution in [0.1, 0.15) is 104 Å². The summed E-state index contributed by atoms with van der Waals surface area (Å²) >= 11 is 0. The largest absolute Gasteiger partial charge is 0.512 e. The molecule has 0 spiro atoms. The number of rotatable bonds is 9. The molecule has 459 valence electrons. The van der Waals surface area contributed by atoms with Crippen LogP contribution in [0, 0.1) is 25.1 Å². The zero-order valence-electron chi connectivity index (χ0n) is 51.0. The van der Waals surface area contributed by atoms with E-state index in [-0.39, 0.29) is 94.9 Å². The Balaban J connectivity index is 0.000000294. The molecular formula is C76H74Ir3N3O6-3. The topological polar surface area (TPSA) is 151 Å². The molecule has 0 saturated heterocycles. The summed E-state index contributed by atoms with van der Waals surface area (Å²) in [6.07, 6.45) is 11.0. The number of aryl methyl sites for hydroxylation is 1. The van der Waals surface area contributed by atoms with Crippen LogP contribution in [-0.2, 0) is 74.7 Å². The van der Waals surface area contributed by atoms with Crippen molar-refractivity contribution < 1.29 is 90.0 Å². The van der Waals surface area contributed by atoms with E-state index in [0.717, 1.165) is 50.3 Å². The summed E-state index contributed by atoms with van der Waals surface area (Å²) in [5.41, 5.74) is 17.0. The molecule has 0 aliphatic heterocycles. The van der Waals surface area contributed by atoms with Crippen molar-refractivity contribution >= 4 is 55.6 Å². The van der Waals surface area contributed by atoms with Crippen molar-refractivity contribution in [3.8, 4) is 44.9 Å². The van der Waals surface area contributed by atoms with Gasteiger partial charge in [-0.3, -0.25) is 29.3 Å². The Kier molecular flexibility index (Phi) is 32.4. The first-order valence-electron chi connectivity index (χ1n) is 28.4. The molecule has 0 unspecified atom stereocenters. The van der Waals surface area contributed by atoms with Crippen LogP contribution in [0.4, 0.5) is 0 Å². The number of carbonyl (C=O) groups is 3. The van der Waals surface area contributed by atoms with E-state index < -0.39 is 0 Å². The second-order valence-electron chi connectivity index (χ2n) is 20.8. The number of para-hydroxylation sites is 2. The van der Waals surface area contributed by atoms with Crippen LogP contribution in [0.15, 0.2) is 230 Å². The van der Waals surface area contributed by atoms with Gasteiger partial charge in [0.25, 0.3) is 0 Å². The first-order valence-corrected chi connectivity index (χ1v) is 28.4. The van der Waals surface area contributed by atoms with E-state index in [1.54, 1.807) is 0 Å². The summed E-state index contributed by atoms with van der Waals surface area (Å²) in [7, 11) is 0. The maximum atomic E-state index is 10.0. The predicted molar refractivity (Wildman–Crippen MR) is 350 cm³/mol.